The van der Waals surface area contributed by atoms with E-state index in [0.29, 0.717) is 42.4 Å². The molecule has 2 aromatic carbocycles. The van der Waals surface area contributed by atoms with Crippen molar-refractivity contribution in [1.82, 2.24) is 19.7 Å². The van der Waals surface area contributed by atoms with Crippen LogP contribution < -0.4 is 10.5 Å². The molecule has 5 rings (SSSR count). The highest BCUT2D eigenvalue weighted by atomic mass is 19.1. The van der Waals surface area contributed by atoms with Crippen LogP contribution in [0.4, 0.5) is 14.6 Å². The van der Waals surface area contributed by atoms with Crippen molar-refractivity contribution in [2.24, 2.45) is 5.92 Å². The summed E-state index contributed by atoms with van der Waals surface area (Å²) in [5, 5.41) is 14.4. The van der Waals surface area contributed by atoms with Gasteiger partial charge in [-0.05, 0) is 49.9 Å². The molecule has 0 bridgehead atoms. The first-order valence-corrected chi connectivity index (χ1v) is 10.9. The quantitative estimate of drug-likeness (QED) is 0.428. The first-order valence-electron chi connectivity index (χ1n) is 10.9. The molecule has 8 nitrogen and oxygen atoms in total. The van der Waals surface area contributed by atoms with Crippen LogP contribution in [-0.4, -0.2) is 30.8 Å². The average Bonchev–Trinajstić information content (AvgIpc) is 3.20. The number of benzene rings is 2. The molecule has 174 valence electrons. The van der Waals surface area contributed by atoms with Gasteiger partial charge in [-0.25, -0.2) is 23.4 Å². The summed E-state index contributed by atoms with van der Waals surface area (Å²) in [7, 11) is 0. The number of fused-ring (bicyclic) bond motifs is 1. The second-order valence-electron chi connectivity index (χ2n) is 8.30. The third kappa shape index (κ3) is 4.02. The van der Waals surface area contributed by atoms with Crippen molar-refractivity contribution in [3.05, 3.63) is 60.4 Å². The Hall–Kier alpha value is -4.08. The van der Waals surface area contributed by atoms with E-state index in [2.05, 4.69) is 15.1 Å². The molecule has 34 heavy (non-hydrogen) atoms. The van der Waals surface area contributed by atoms with Gasteiger partial charge in [0.1, 0.15) is 41.0 Å². The Morgan fingerprint density at radius 3 is 2.53 bits per heavy atom. The molecule has 3 N–H and O–H groups in total. The highest BCUT2D eigenvalue weighted by molar-refractivity contribution is 5.98. The molecule has 1 aliphatic rings. The number of aliphatic carboxylic acids is 1. The van der Waals surface area contributed by atoms with E-state index in [4.69, 9.17) is 10.5 Å². The Morgan fingerprint density at radius 2 is 1.82 bits per heavy atom. The lowest BCUT2D eigenvalue weighted by molar-refractivity contribution is -0.143. The standard InChI is InChI=1S/C24H21F2N5O3/c25-14-2-1-3-16(10-14)34-17-8-9-18(19(26)11-17)21-20-22(27)28-12-29-23(20)31(30-21)15-6-4-13(5-7-15)24(32)33/h1-3,8-13,15H,4-7H2,(H,32,33)(H2,27,28,29)/t13-,15-. The zero-order chi connectivity index (χ0) is 23.8. The predicted molar refractivity (Wildman–Crippen MR) is 120 cm³/mol. The Bertz CT molecular complexity index is 1380. The largest absolute Gasteiger partial charge is 0.481 e. The first kappa shape index (κ1) is 21.7. The number of hydrogen-bond donors (Lipinski definition) is 2. The van der Waals surface area contributed by atoms with Crippen molar-refractivity contribution in [2.45, 2.75) is 31.7 Å². The van der Waals surface area contributed by atoms with Crippen molar-refractivity contribution in [1.29, 1.82) is 0 Å². The molecule has 1 fully saturated rings. The Morgan fingerprint density at radius 1 is 1.06 bits per heavy atom. The van der Waals surface area contributed by atoms with Crippen LogP contribution in [0.3, 0.4) is 0 Å². The van der Waals surface area contributed by atoms with Crippen LogP contribution >= 0.6 is 0 Å². The van der Waals surface area contributed by atoms with Crippen LogP contribution in [0.1, 0.15) is 31.7 Å². The smallest absolute Gasteiger partial charge is 0.306 e. The lowest BCUT2D eigenvalue weighted by Gasteiger charge is -2.26. The highest BCUT2D eigenvalue weighted by Gasteiger charge is 2.30. The molecule has 0 unspecified atom stereocenters. The molecule has 0 saturated heterocycles. The Balaban J connectivity index is 1.51. The number of carboxylic acids is 1. The summed E-state index contributed by atoms with van der Waals surface area (Å²) < 4.78 is 35.9. The molecule has 1 saturated carbocycles. The number of rotatable bonds is 5. The van der Waals surface area contributed by atoms with Crippen molar-refractivity contribution in [3.8, 4) is 22.8 Å². The maximum Gasteiger partial charge on any atom is 0.306 e. The average molecular weight is 465 g/mol. The van der Waals surface area contributed by atoms with Crippen LogP contribution in [-0.2, 0) is 4.79 Å². The number of ether oxygens (including phenoxy) is 1. The van der Waals surface area contributed by atoms with Gasteiger partial charge in [0.05, 0.1) is 17.3 Å². The maximum atomic E-state index is 15.2. The minimum absolute atomic E-state index is 0.0835. The van der Waals surface area contributed by atoms with E-state index in [1.807, 2.05) is 0 Å². The molecule has 2 aromatic heterocycles. The van der Waals surface area contributed by atoms with E-state index in [1.54, 1.807) is 16.8 Å². The van der Waals surface area contributed by atoms with Gasteiger partial charge in [-0.15, -0.1) is 0 Å². The van der Waals surface area contributed by atoms with Gasteiger partial charge in [-0.1, -0.05) is 6.07 Å². The van der Waals surface area contributed by atoms with E-state index in [9.17, 15) is 14.3 Å². The van der Waals surface area contributed by atoms with Crippen molar-refractivity contribution in [3.63, 3.8) is 0 Å². The summed E-state index contributed by atoms with van der Waals surface area (Å²) in [6.45, 7) is 0. The van der Waals surface area contributed by atoms with E-state index < -0.39 is 17.6 Å². The van der Waals surface area contributed by atoms with Crippen LogP contribution in [0.25, 0.3) is 22.3 Å². The van der Waals surface area contributed by atoms with Crippen LogP contribution in [0.15, 0.2) is 48.8 Å². The van der Waals surface area contributed by atoms with Gasteiger partial charge in [0.2, 0.25) is 0 Å². The van der Waals surface area contributed by atoms with Crippen molar-refractivity contribution < 1.29 is 23.4 Å². The number of nitrogen functional groups attached to an aromatic ring is 1. The molecular formula is C24H21F2N5O3. The van der Waals surface area contributed by atoms with E-state index in [1.165, 1.54) is 36.7 Å². The number of hydrogen-bond acceptors (Lipinski definition) is 6. The summed E-state index contributed by atoms with van der Waals surface area (Å²) in [5.41, 5.74) is 7.09. The maximum absolute atomic E-state index is 15.2. The minimum atomic E-state index is -0.793. The normalized spacial score (nSPS) is 18.2. The lowest BCUT2D eigenvalue weighted by Crippen LogP contribution is -2.24. The summed E-state index contributed by atoms with van der Waals surface area (Å²) in [6, 6.07) is 9.76. The van der Waals surface area contributed by atoms with Crippen molar-refractivity contribution >= 4 is 22.8 Å². The summed E-state index contributed by atoms with van der Waals surface area (Å²) in [6.07, 6.45) is 3.60. The van der Waals surface area contributed by atoms with Gasteiger partial charge < -0.3 is 15.6 Å². The summed E-state index contributed by atoms with van der Waals surface area (Å²) in [5.74, 6) is -1.61. The molecule has 0 atom stereocenters. The van der Waals surface area contributed by atoms with Gasteiger partial charge in [0.25, 0.3) is 0 Å². The van der Waals surface area contributed by atoms with Gasteiger partial charge in [0, 0.05) is 17.7 Å². The number of carboxylic acid groups (broad SMARTS) is 1. The topological polar surface area (TPSA) is 116 Å². The summed E-state index contributed by atoms with van der Waals surface area (Å²) in [4.78, 5) is 19.7. The molecule has 0 amide bonds. The Kier molecular flexibility index (Phi) is 5.56. The monoisotopic (exact) mass is 465 g/mol. The van der Waals surface area contributed by atoms with Gasteiger partial charge in [0.15, 0.2) is 5.65 Å². The summed E-state index contributed by atoms with van der Waals surface area (Å²) >= 11 is 0. The number of nitrogens with zero attached hydrogens (tertiary/aromatic N) is 4. The van der Waals surface area contributed by atoms with Gasteiger partial charge >= 0.3 is 5.97 Å². The number of anilines is 1. The molecule has 0 radical (unpaired) electrons. The molecular weight excluding hydrogens is 444 g/mol. The van der Waals surface area contributed by atoms with Gasteiger partial charge in [-0.3, -0.25) is 4.79 Å². The zero-order valence-corrected chi connectivity index (χ0v) is 18.0. The highest BCUT2D eigenvalue weighted by Crippen LogP contribution is 2.38. The lowest BCUT2D eigenvalue weighted by atomic mass is 9.86. The Labute approximate surface area is 193 Å². The van der Waals surface area contributed by atoms with Crippen LogP contribution in [0.5, 0.6) is 11.5 Å². The second-order valence-corrected chi connectivity index (χ2v) is 8.30. The number of carbonyl (C=O) groups is 1. The third-order valence-corrected chi connectivity index (χ3v) is 6.14. The number of halogens is 2. The molecule has 0 aliphatic heterocycles. The van der Waals surface area contributed by atoms with Crippen LogP contribution in [0, 0.1) is 17.6 Å². The first-order chi connectivity index (χ1) is 16.4. The number of aromatic nitrogens is 4. The number of nitrogens with two attached hydrogens (primary N) is 1. The van der Waals surface area contributed by atoms with Crippen LogP contribution in [0.2, 0.25) is 0 Å². The SMILES string of the molecule is Nc1ncnc2c1c(-c1ccc(Oc3cccc(F)c3)cc1F)nn2[C@H]1CC[C@H](C(=O)O)CC1. The zero-order valence-electron chi connectivity index (χ0n) is 18.0. The van der Waals surface area contributed by atoms with E-state index in [0.717, 1.165) is 0 Å². The van der Waals surface area contributed by atoms with Crippen molar-refractivity contribution in [2.75, 3.05) is 5.73 Å². The fraction of sp³-hybridized carbons (Fsp3) is 0.250. The van der Waals surface area contributed by atoms with E-state index >= 15 is 4.39 Å². The molecule has 2 heterocycles. The fourth-order valence-electron chi connectivity index (χ4n) is 4.42. The fourth-order valence-corrected chi connectivity index (χ4v) is 4.42. The third-order valence-electron chi connectivity index (χ3n) is 6.14. The molecule has 1 aliphatic carbocycles. The van der Waals surface area contributed by atoms with Gasteiger partial charge in [-0.2, -0.15) is 5.10 Å². The molecule has 0 spiro atoms. The second kappa shape index (κ2) is 8.69. The molecule has 4 aromatic rings. The van der Waals surface area contributed by atoms with E-state index in [-0.39, 0.29) is 34.8 Å². The predicted octanol–water partition coefficient (Wildman–Crippen LogP) is 4.96. The molecule has 10 heteroatoms. The minimum Gasteiger partial charge on any atom is -0.481 e.